The lowest BCUT2D eigenvalue weighted by atomic mass is 9.82. The number of hydrogen-bond acceptors (Lipinski definition) is 5. The van der Waals surface area contributed by atoms with Gasteiger partial charge in [-0.2, -0.15) is 11.8 Å². The molecule has 0 aromatic rings. The number of nitrogens with zero attached hydrogens (tertiary/aromatic N) is 1. The fourth-order valence-electron chi connectivity index (χ4n) is 3.87. The molecule has 1 atom stereocenters. The Balaban J connectivity index is 1.68. The van der Waals surface area contributed by atoms with E-state index < -0.39 is 14.6 Å². The number of carbonyl (C=O) groups is 1. The summed E-state index contributed by atoms with van der Waals surface area (Å²) in [7, 11) is -1.49. The number of likely N-dealkylation sites (tertiary alicyclic amines) is 1. The Kier molecular flexibility index (Phi) is 4.27. The Labute approximate surface area is 130 Å². The lowest BCUT2D eigenvalue weighted by molar-refractivity contribution is -0.142. The third-order valence-corrected chi connectivity index (χ3v) is 8.92. The average Bonchev–Trinajstić information content (AvgIpc) is 2.69. The maximum absolute atomic E-state index is 12.5. The van der Waals surface area contributed by atoms with E-state index in [4.69, 9.17) is 4.74 Å². The van der Waals surface area contributed by atoms with E-state index in [0.717, 1.165) is 24.3 Å². The highest BCUT2D eigenvalue weighted by molar-refractivity contribution is 7.99. The minimum atomic E-state index is -3.10. The molecule has 7 heteroatoms. The standard InChI is InChI=1S/C14H23NO4S2/c1-19-8-12-4-7-21(17,18)14(12)9-15(10-14)13(16)11-2-5-20-6-3-11/h11-12H,2-10H2,1H3. The van der Waals surface area contributed by atoms with E-state index in [0.29, 0.717) is 26.1 Å². The summed E-state index contributed by atoms with van der Waals surface area (Å²) < 4.78 is 29.3. The molecule has 21 heavy (non-hydrogen) atoms. The van der Waals surface area contributed by atoms with Crippen LogP contribution in [-0.2, 0) is 19.4 Å². The topological polar surface area (TPSA) is 63.7 Å². The minimum absolute atomic E-state index is 0.0402. The largest absolute Gasteiger partial charge is 0.384 e. The van der Waals surface area contributed by atoms with Crippen LogP contribution in [-0.4, -0.2) is 68.0 Å². The smallest absolute Gasteiger partial charge is 0.225 e. The number of methoxy groups -OCH3 is 1. The van der Waals surface area contributed by atoms with Crippen molar-refractivity contribution in [3.8, 4) is 0 Å². The number of hydrogen-bond donors (Lipinski definition) is 0. The second kappa shape index (κ2) is 5.74. The van der Waals surface area contributed by atoms with Gasteiger partial charge in [0.15, 0.2) is 9.84 Å². The number of amides is 1. The Morgan fingerprint density at radius 3 is 2.57 bits per heavy atom. The molecule has 1 amide bonds. The van der Waals surface area contributed by atoms with Crippen LogP contribution in [0, 0.1) is 11.8 Å². The van der Waals surface area contributed by atoms with Gasteiger partial charge in [0.05, 0.1) is 12.4 Å². The van der Waals surface area contributed by atoms with Crippen molar-refractivity contribution in [1.29, 1.82) is 0 Å². The lowest BCUT2D eigenvalue weighted by Gasteiger charge is -2.50. The molecule has 0 aliphatic carbocycles. The summed E-state index contributed by atoms with van der Waals surface area (Å²) in [5, 5.41) is 0. The number of carbonyl (C=O) groups excluding carboxylic acids is 1. The number of ether oxygens (including phenoxy) is 1. The van der Waals surface area contributed by atoms with Gasteiger partial charge in [-0.15, -0.1) is 0 Å². The van der Waals surface area contributed by atoms with Crippen LogP contribution in [0.25, 0.3) is 0 Å². The summed E-state index contributed by atoms with van der Waals surface area (Å²) in [6.07, 6.45) is 2.53. The van der Waals surface area contributed by atoms with E-state index in [1.54, 1.807) is 12.0 Å². The molecule has 0 aromatic carbocycles. The lowest BCUT2D eigenvalue weighted by Crippen LogP contribution is -2.69. The molecule has 3 rings (SSSR count). The molecule has 0 aromatic heterocycles. The van der Waals surface area contributed by atoms with E-state index >= 15 is 0 Å². The molecule has 0 N–H and O–H groups in total. The first-order valence-electron chi connectivity index (χ1n) is 7.58. The molecule has 3 saturated heterocycles. The van der Waals surface area contributed by atoms with Crippen LogP contribution >= 0.6 is 11.8 Å². The minimum Gasteiger partial charge on any atom is -0.384 e. The Bertz CT molecular complexity index is 507. The molecule has 3 heterocycles. The predicted octanol–water partition coefficient (Wildman–Crippen LogP) is 0.792. The van der Waals surface area contributed by atoms with Gasteiger partial charge in [0, 0.05) is 32.0 Å². The van der Waals surface area contributed by atoms with Crippen molar-refractivity contribution in [3.63, 3.8) is 0 Å². The molecule has 3 aliphatic heterocycles. The van der Waals surface area contributed by atoms with E-state index in [1.807, 2.05) is 11.8 Å². The summed E-state index contributed by atoms with van der Waals surface area (Å²) in [4.78, 5) is 14.3. The fourth-order valence-corrected chi connectivity index (χ4v) is 7.37. The molecule has 0 bridgehead atoms. The van der Waals surface area contributed by atoms with Crippen molar-refractivity contribution in [1.82, 2.24) is 4.90 Å². The summed E-state index contributed by atoms with van der Waals surface area (Å²) in [6.45, 7) is 1.24. The van der Waals surface area contributed by atoms with Crippen LogP contribution < -0.4 is 0 Å². The first-order valence-corrected chi connectivity index (χ1v) is 10.4. The van der Waals surface area contributed by atoms with Crippen molar-refractivity contribution in [2.75, 3.05) is 44.1 Å². The molecular formula is C14H23NO4S2. The normalized spacial score (nSPS) is 31.3. The number of thioether (sulfide) groups is 1. The van der Waals surface area contributed by atoms with Crippen LogP contribution in [0.5, 0.6) is 0 Å². The maximum atomic E-state index is 12.5. The molecule has 3 fully saturated rings. The molecule has 1 unspecified atom stereocenters. The van der Waals surface area contributed by atoms with Crippen LogP contribution in [0.4, 0.5) is 0 Å². The first kappa shape index (κ1) is 15.6. The highest BCUT2D eigenvalue weighted by Crippen LogP contribution is 2.45. The van der Waals surface area contributed by atoms with Crippen molar-refractivity contribution in [2.45, 2.75) is 24.0 Å². The van der Waals surface area contributed by atoms with Gasteiger partial charge >= 0.3 is 0 Å². The van der Waals surface area contributed by atoms with Gasteiger partial charge in [0.1, 0.15) is 4.75 Å². The molecule has 0 saturated carbocycles. The highest BCUT2D eigenvalue weighted by atomic mass is 32.2. The summed E-state index contributed by atoms with van der Waals surface area (Å²) in [5.41, 5.74) is 0. The molecule has 120 valence electrons. The fraction of sp³-hybridized carbons (Fsp3) is 0.929. The van der Waals surface area contributed by atoms with Gasteiger partial charge in [0.2, 0.25) is 5.91 Å². The van der Waals surface area contributed by atoms with Gasteiger partial charge in [-0.05, 0) is 30.8 Å². The van der Waals surface area contributed by atoms with Gasteiger partial charge < -0.3 is 9.64 Å². The molecule has 0 radical (unpaired) electrons. The monoisotopic (exact) mass is 333 g/mol. The predicted molar refractivity (Wildman–Crippen MR) is 83.1 cm³/mol. The van der Waals surface area contributed by atoms with E-state index in [1.165, 1.54) is 0 Å². The SMILES string of the molecule is COCC1CCS(=O)(=O)C12CN(C(=O)C1CCSCC1)C2. The van der Waals surface area contributed by atoms with E-state index in [9.17, 15) is 13.2 Å². The van der Waals surface area contributed by atoms with E-state index in [2.05, 4.69) is 0 Å². The second-order valence-corrected chi connectivity index (χ2v) is 10.1. The third-order valence-electron chi connectivity index (χ3n) is 5.27. The quantitative estimate of drug-likeness (QED) is 0.764. The zero-order valence-electron chi connectivity index (χ0n) is 12.4. The molecule has 1 spiro atoms. The van der Waals surface area contributed by atoms with Crippen LogP contribution in [0.15, 0.2) is 0 Å². The molecule has 5 nitrogen and oxygen atoms in total. The van der Waals surface area contributed by atoms with Crippen molar-refractivity contribution < 1.29 is 17.9 Å². The third kappa shape index (κ3) is 2.51. The van der Waals surface area contributed by atoms with Gasteiger partial charge in [-0.25, -0.2) is 8.42 Å². The zero-order chi connectivity index (χ0) is 15.1. The van der Waals surface area contributed by atoms with Gasteiger partial charge in [-0.1, -0.05) is 0 Å². The Hall–Kier alpha value is -0.270. The zero-order valence-corrected chi connectivity index (χ0v) is 14.0. The highest BCUT2D eigenvalue weighted by Gasteiger charge is 2.62. The van der Waals surface area contributed by atoms with Crippen LogP contribution in [0.1, 0.15) is 19.3 Å². The average molecular weight is 333 g/mol. The van der Waals surface area contributed by atoms with Crippen molar-refractivity contribution in [2.24, 2.45) is 11.8 Å². The summed E-state index contributed by atoms with van der Waals surface area (Å²) in [6, 6.07) is 0. The van der Waals surface area contributed by atoms with Gasteiger partial charge in [-0.3, -0.25) is 4.79 Å². The molecular weight excluding hydrogens is 310 g/mol. The summed E-state index contributed by atoms with van der Waals surface area (Å²) >= 11 is 1.90. The number of rotatable bonds is 3. The summed E-state index contributed by atoms with van der Waals surface area (Å²) in [5.74, 6) is 2.63. The number of sulfone groups is 1. The maximum Gasteiger partial charge on any atom is 0.225 e. The Morgan fingerprint density at radius 2 is 1.95 bits per heavy atom. The van der Waals surface area contributed by atoms with E-state index in [-0.39, 0.29) is 23.5 Å². The van der Waals surface area contributed by atoms with Crippen molar-refractivity contribution in [3.05, 3.63) is 0 Å². The first-order chi connectivity index (χ1) is 10.00. The molecule has 3 aliphatic rings. The second-order valence-electron chi connectivity index (χ2n) is 6.41. The van der Waals surface area contributed by atoms with Crippen molar-refractivity contribution >= 4 is 27.5 Å². The van der Waals surface area contributed by atoms with Crippen LogP contribution in [0.2, 0.25) is 0 Å². The van der Waals surface area contributed by atoms with Gasteiger partial charge in [0.25, 0.3) is 0 Å². The van der Waals surface area contributed by atoms with Crippen LogP contribution in [0.3, 0.4) is 0 Å². The Morgan fingerprint density at radius 1 is 1.29 bits per heavy atom.